The van der Waals surface area contributed by atoms with Crippen LogP contribution in [0.1, 0.15) is 0 Å². The van der Waals surface area contributed by atoms with Crippen molar-refractivity contribution < 1.29 is 31.1 Å². The summed E-state index contributed by atoms with van der Waals surface area (Å²) in [6, 6.07) is 5.22. The van der Waals surface area contributed by atoms with Gasteiger partial charge in [0.2, 0.25) is 0 Å². The van der Waals surface area contributed by atoms with Crippen molar-refractivity contribution in [3.05, 3.63) is 53.8 Å². The maximum Gasteiger partial charge on any atom is 0.573 e. The molecule has 0 saturated carbocycles. The zero-order chi connectivity index (χ0) is 14.9. The van der Waals surface area contributed by atoms with E-state index in [0.29, 0.717) is 12.1 Å². The second kappa shape index (κ2) is 5.07. The van der Waals surface area contributed by atoms with E-state index >= 15 is 0 Å². The molecule has 0 radical (unpaired) electrons. The number of ether oxygens (including phenoxy) is 1. The van der Waals surface area contributed by atoms with E-state index in [0.717, 1.165) is 18.2 Å². The number of hydrogen-bond acceptors (Lipinski definition) is 1. The Morgan fingerprint density at radius 3 is 2.25 bits per heavy atom. The van der Waals surface area contributed by atoms with Crippen LogP contribution in [-0.2, 0) is 0 Å². The zero-order valence-corrected chi connectivity index (χ0v) is 9.64. The molecule has 0 atom stereocenters. The summed E-state index contributed by atoms with van der Waals surface area (Å²) < 4.78 is 79.5. The molecule has 0 aliphatic carbocycles. The Labute approximate surface area is 109 Å². The molecule has 2 aromatic carbocycles. The second-order valence-electron chi connectivity index (χ2n) is 3.82. The van der Waals surface area contributed by atoms with Crippen molar-refractivity contribution >= 4 is 0 Å². The van der Waals surface area contributed by atoms with E-state index in [2.05, 4.69) is 4.74 Å². The van der Waals surface area contributed by atoms with Crippen molar-refractivity contribution in [3.63, 3.8) is 0 Å². The molecule has 0 bridgehead atoms. The molecule has 20 heavy (non-hydrogen) atoms. The lowest BCUT2D eigenvalue weighted by Gasteiger charge is -2.10. The summed E-state index contributed by atoms with van der Waals surface area (Å²) in [5.74, 6) is -4.43. The fourth-order valence-electron chi connectivity index (χ4n) is 1.63. The monoisotopic (exact) mass is 292 g/mol. The largest absolute Gasteiger partial charge is 0.573 e. The molecule has 7 heteroatoms. The van der Waals surface area contributed by atoms with Crippen molar-refractivity contribution in [1.29, 1.82) is 0 Å². The topological polar surface area (TPSA) is 9.23 Å². The lowest BCUT2D eigenvalue weighted by Crippen LogP contribution is -2.17. The standard InChI is InChI=1S/C13H6F6O/c14-8-5-10(12(16)11(15)6-8)7-2-1-3-9(4-7)20-13(17,18)19/h1-6H. The molecule has 106 valence electrons. The van der Waals surface area contributed by atoms with Crippen LogP contribution in [0.2, 0.25) is 0 Å². The van der Waals surface area contributed by atoms with Gasteiger partial charge in [-0.25, -0.2) is 13.2 Å². The van der Waals surface area contributed by atoms with E-state index in [9.17, 15) is 26.3 Å². The molecule has 0 aliphatic rings. The van der Waals surface area contributed by atoms with Crippen molar-refractivity contribution in [1.82, 2.24) is 0 Å². The molecule has 0 unspecified atom stereocenters. The van der Waals surface area contributed by atoms with E-state index < -0.39 is 35.1 Å². The molecule has 0 amide bonds. The quantitative estimate of drug-likeness (QED) is 0.577. The van der Waals surface area contributed by atoms with E-state index in [1.165, 1.54) is 6.07 Å². The SMILES string of the molecule is Fc1cc(F)c(F)c(-c2cccc(OC(F)(F)F)c2)c1. The third kappa shape index (κ3) is 3.23. The predicted molar refractivity (Wildman–Crippen MR) is 58.4 cm³/mol. The number of benzene rings is 2. The first-order valence-corrected chi connectivity index (χ1v) is 5.27. The Kier molecular flexibility index (Phi) is 3.61. The number of halogens is 6. The maximum absolute atomic E-state index is 13.5. The van der Waals surface area contributed by atoms with Crippen molar-refractivity contribution in [3.8, 4) is 16.9 Å². The van der Waals surface area contributed by atoms with Gasteiger partial charge in [0, 0.05) is 11.6 Å². The lowest BCUT2D eigenvalue weighted by molar-refractivity contribution is -0.274. The zero-order valence-electron chi connectivity index (χ0n) is 9.64. The van der Waals surface area contributed by atoms with Gasteiger partial charge in [0.25, 0.3) is 0 Å². The molecule has 0 heterocycles. The molecular formula is C13H6F6O. The summed E-state index contributed by atoms with van der Waals surface area (Å²) in [5, 5.41) is 0. The summed E-state index contributed by atoms with van der Waals surface area (Å²) in [7, 11) is 0. The fourth-order valence-corrected chi connectivity index (χ4v) is 1.63. The molecule has 0 N–H and O–H groups in total. The third-order valence-corrected chi connectivity index (χ3v) is 2.37. The molecule has 2 rings (SSSR count). The second-order valence-corrected chi connectivity index (χ2v) is 3.82. The lowest BCUT2D eigenvalue weighted by atomic mass is 10.0. The smallest absolute Gasteiger partial charge is 0.406 e. The normalized spacial score (nSPS) is 11.5. The Morgan fingerprint density at radius 2 is 1.60 bits per heavy atom. The van der Waals surface area contributed by atoms with Gasteiger partial charge in [0.05, 0.1) is 0 Å². The van der Waals surface area contributed by atoms with Gasteiger partial charge >= 0.3 is 6.36 Å². The van der Waals surface area contributed by atoms with Gasteiger partial charge in [-0.1, -0.05) is 12.1 Å². The van der Waals surface area contributed by atoms with Crippen LogP contribution in [0.5, 0.6) is 5.75 Å². The predicted octanol–water partition coefficient (Wildman–Crippen LogP) is 4.67. The molecule has 0 saturated heterocycles. The van der Waals surface area contributed by atoms with Gasteiger partial charge in [-0.3, -0.25) is 0 Å². The summed E-state index contributed by atoms with van der Waals surface area (Å²) >= 11 is 0. The van der Waals surface area contributed by atoms with E-state index in [1.54, 1.807) is 0 Å². The Bertz CT molecular complexity index is 635. The van der Waals surface area contributed by atoms with Crippen LogP contribution >= 0.6 is 0 Å². The van der Waals surface area contributed by atoms with Crippen LogP contribution < -0.4 is 4.74 Å². The fraction of sp³-hybridized carbons (Fsp3) is 0.0769. The summed E-state index contributed by atoms with van der Waals surface area (Å²) in [4.78, 5) is 0. The molecule has 2 aromatic rings. The number of rotatable bonds is 2. The highest BCUT2D eigenvalue weighted by atomic mass is 19.4. The van der Waals surface area contributed by atoms with Gasteiger partial charge in [-0.2, -0.15) is 0 Å². The first-order chi connectivity index (χ1) is 9.26. The molecule has 0 aliphatic heterocycles. The first-order valence-electron chi connectivity index (χ1n) is 5.27. The van der Waals surface area contributed by atoms with Crippen LogP contribution in [0.3, 0.4) is 0 Å². The van der Waals surface area contributed by atoms with Crippen LogP contribution in [-0.4, -0.2) is 6.36 Å². The van der Waals surface area contributed by atoms with Gasteiger partial charge in [0.1, 0.15) is 11.6 Å². The Hall–Kier alpha value is -2.18. The van der Waals surface area contributed by atoms with Crippen LogP contribution in [0, 0.1) is 17.5 Å². The molecule has 0 fully saturated rings. The summed E-state index contributed by atoms with van der Waals surface area (Å²) in [5.41, 5.74) is -0.627. The molecule has 0 aromatic heterocycles. The Morgan fingerprint density at radius 1 is 0.900 bits per heavy atom. The van der Waals surface area contributed by atoms with E-state index in [-0.39, 0.29) is 5.56 Å². The van der Waals surface area contributed by atoms with Crippen LogP contribution in [0.25, 0.3) is 11.1 Å². The average Bonchev–Trinajstić information content (AvgIpc) is 2.32. The average molecular weight is 292 g/mol. The van der Waals surface area contributed by atoms with Gasteiger partial charge in [-0.15, -0.1) is 13.2 Å². The van der Waals surface area contributed by atoms with Crippen LogP contribution in [0.4, 0.5) is 26.3 Å². The minimum atomic E-state index is -4.91. The van der Waals surface area contributed by atoms with Crippen molar-refractivity contribution in [2.45, 2.75) is 6.36 Å². The third-order valence-electron chi connectivity index (χ3n) is 2.37. The van der Waals surface area contributed by atoms with E-state index in [1.807, 2.05) is 0 Å². The van der Waals surface area contributed by atoms with Gasteiger partial charge in [-0.05, 0) is 23.8 Å². The maximum atomic E-state index is 13.5. The minimum Gasteiger partial charge on any atom is -0.406 e. The highest BCUT2D eigenvalue weighted by Crippen LogP contribution is 2.30. The number of hydrogen-bond donors (Lipinski definition) is 0. The molecular weight excluding hydrogens is 286 g/mol. The Balaban J connectivity index is 2.46. The van der Waals surface area contributed by atoms with Crippen molar-refractivity contribution in [2.75, 3.05) is 0 Å². The minimum absolute atomic E-state index is 0.136. The summed E-state index contributed by atoms with van der Waals surface area (Å²) in [6.07, 6.45) is -4.91. The molecule has 1 nitrogen and oxygen atoms in total. The van der Waals surface area contributed by atoms with Gasteiger partial charge in [0.15, 0.2) is 11.6 Å². The van der Waals surface area contributed by atoms with Crippen molar-refractivity contribution in [2.24, 2.45) is 0 Å². The van der Waals surface area contributed by atoms with Gasteiger partial charge < -0.3 is 4.74 Å². The first kappa shape index (κ1) is 14.2. The number of alkyl halides is 3. The highest BCUT2D eigenvalue weighted by Gasteiger charge is 2.31. The van der Waals surface area contributed by atoms with Crippen LogP contribution in [0.15, 0.2) is 36.4 Å². The molecule has 0 spiro atoms. The summed E-state index contributed by atoms with van der Waals surface area (Å²) in [6.45, 7) is 0. The van der Waals surface area contributed by atoms with E-state index in [4.69, 9.17) is 0 Å². The highest BCUT2D eigenvalue weighted by molar-refractivity contribution is 5.66.